The molecule has 0 saturated heterocycles. The third-order valence-electron chi connectivity index (χ3n) is 0.804. The molecule has 0 saturated carbocycles. The van der Waals surface area contributed by atoms with E-state index < -0.39 is 0 Å². The summed E-state index contributed by atoms with van der Waals surface area (Å²) in [5, 5.41) is 0. The van der Waals surface area contributed by atoms with Crippen LogP contribution in [-0.4, -0.2) is 9.97 Å². The van der Waals surface area contributed by atoms with Crippen LogP contribution in [0.25, 0.3) is 5.73 Å². The smallest absolute Gasteiger partial charge is 0.0366 e. The molecule has 0 aliphatic carbocycles. The second-order valence-corrected chi connectivity index (χ2v) is 1.54. The predicted molar refractivity (Wildman–Crippen MR) is 30.8 cm³/mol. The Bertz CT molecular complexity index is 172. The van der Waals surface area contributed by atoms with Crippen LogP contribution in [0.2, 0.25) is 0 Å². The monoisotopic (exact) mass is 197 g/mol. The molecule has 0 amide bonds. The molecule has 1 aromatic rings. The Morgan fingerprint density at radius 2 is 2.11 bits per heavy atom. The van der Waals surface area contributed by atoms with Crippen molar-refractivity contribution < 1.29 is 32.7 Å². The molecule has 0 fully saturated rings. The Hall–Kier alpha value is -0.0161. The fraction of sp³-hybridized carbons (Fsp3) is 0.200. The number of nitrogens with zero attached hydrogens (tertiary/aromatic N) is 2. The average Bonchev–Trinajstić information content (AvgIpc) is 1.64. The minimum Gasteiger partial charge on any atom is -0.482 e. The van der Waals surface area contributed by atoms with Gasteiger partial charge in [-0.1, -0.05) is 5.82 Å². The van der Waals surface area contributed by atoms with Gasteiger partial charge in [0, 0.05) is 44.7 Å². The van der Waals surface area contributed by atoms with Gasteiger partial charge in [-0.15, -0.1) is 0 Å². The maximum absolute atomic E-state index is 6.98. The van der Waals surface area contributed by atoms with E-state index in [9.17, 15) is 0 Å². The summed E-state index contributed by atoms with van der Waals surface area (Å²) in [7, 11) is 0. The first-order valence-electron chi connectivity index (χ1n) is 2.29. The van der Waals surface area contributed by atoms with Crippen LogP contribution >= 0.6 is 0 Å². The fourth-order valence-electron chi connectivity index (χ4n) is 0.455. The molecule has 9 heavy (non-hydrogen) atoms. The molecule has 3 nitrogen and oxygen atoms in total. The fourth-order valence-corrected chi connectivity index (χ4v) is 0.455. The van der Waals surface area contributed by atoms with E-state index in [1.54, 1.807) is 6.07 Å². The number of rotatable bonds is 0. The van der Waals surface area contributed by atoms with Crippen molar-refractivity contribution in [3.05, 3.63) is 23.8 Å². The summed E-state index contributed by atoms with van der Waals surface area (Å²) in [5.41, 5.74) is 7.82. The number of aryl methyl sites for hydroxylation is 1. The zero-order chi connectivity index (χ0) is 5.98. The molecule has 0 aliphatic heterocycles. The molecule has 0 spiro atoms. The summed E-state index contributed by atoms with van der Waals surface area (Å²) in [6.07, 6.45) is 1.39. The Labute approximate surface area is 79.0 Å². The van der Waals surface area contributed by atoms with Crippen molar-refractivity contribution in [1.82, 2.24) is 9.97 Å². The predicted octanol–water partition coefficient (Wildman–Crippen LogP) is 1.47. The summed E-state index contributed by atoms with van der Waals surface area (Å²) in [4.78, 5) is 7.40. The van der Waals surface area contributed by atoms with Crippen molar-refractivity contribution in [2.75, 3.05) is 0 Å². The standard InChI is InChI=1S/C5H6N3.Y/c1-4-2-5(6)8-3-7-4;/h2-3H,1H3,(H-,6,7,8);/q-1;. The second kappa shape index (κ2) is 3.91. The first kappa shape index (κ1) is 8.98. The van der Waals surface area contributed by atoms with E-state index in [1.807, 2.05) is 6.92 Å². The number of hydrogen-bond acceptors (Lipinski definition) is 2. The van der Waals surface area contributed by atoms with Crippen LogP contribution in [0.3, 0.4) is 0 Å². The van der Waals surface area contributed by atoms with Crippen molar-refractivity contribution in [2.24, 2.45) is 0 Å². The van der Waals surface area contributed by atoms with Gasteiger partial charge in [0.05, 0.1) is 0 Å². The topological polar surface area (TPSA) is 49.6 Å². The Balaban J connectivity index is 0.000000640. The van der Waals surface area contributed by atoms with E-state index in [2.05, 4.69) is 9.97 Å². The van der Waals surface area contributed by atoms with Crippen molar-refractivity contribution in [2.45, 2.75) is 6.92 Å². The van der Waals surface area contributed by atoms with Crippen LogP contribution in [-0.2, 0) is 32.7 Å². The van der Waals surface area contributed by atoms with E-state index >= 15 is 0 Å². The van der Waals surface area contributed by atoms with E-state index in [-0.39, 0.29) is 38.5 Å². The normalized spacial score (nSPS) is 8.11. The van der Waals surface area contributed by atoms with Crippen LogP contribution in [0, 0.1) is 6.92 Å². The van der Waals surface area contributed by atoms with Crippen molar-refractivity contribution in [3.8, 4) is 0 Å². The van der Waals surface area contributed by atoms with E-state index in [0.717, 1.165) is 5.69 Å². The van der Waals surface area contributed by atoms with Gasteiger partial charge in [0.1, 0.15) is 0 Å². The van der Waals surface area contributed by atoms with E-state index in [1.165, 1.54) is 6.33 Å². The second-order valence-electron chi connectivity index (χ2n) is 1.54. The zero-order valence-corrected chi connectivity index (χ0v) is 7.96. The molecule has 4 heteroatoms. The van der Waals surface area contributed by atoms with Gasteiger partial charge in [-0.05, 0) is 13.0 Å². The molecule has 1 rings (SSSR count). The van der Waals surface area contributed by atoms with Gasteiger partial charge in [0.2, 0.25) is 0 Å². The number of aromatic nitrogens is 2. The summed E-state index contributed by atoms with van der Waals surface area (Å²) in [6, 6.07) is 1.61. The van der Waals surface area contributed by atoms with Crippen LogP contribution in [0.5, 0.6) is 0 Å². The molecule has 1 N–H and O–H groups in total. The first-order valence-corrected chi connectivity index (χ1v) is 2.29. The quantitative estimate of drug-likeness (QED) is 0.632. The molecule has 0 bridgehead atoms. The first-order chi connectivity index (χ1) is 3.79. The molecule has 1 heterocycles. The third kappa shape index (κ3) is 2.87. The van der Waals surface area contributed by atoms with Crippen LogP contribution in [0.1, 0.15) is 5.69 Å². The van der Waals surface area contributed by atoms with E-state index in [4.69, 9.17) is 5.73 Å². The van der Waals surface area contributed by atoms with Crippen molar-refractivity contribution in [3.63, 3.8) is 0 Å². The Morgan fingerprint density at radius 1 is 1.44 bits per heavy atom. The summed E-state index contributed by atoms with van der Waals surface area (Å²) >= 11 is 0. The molecular formula is C5H6N3Y-. The maximum atomic E-state index is 6.98. The van der Waals surface area contributed by atoms with Crippen LogP contribution in [0.4, 0.5) is 5.82 Å². The zero-order valence-electron chi connectivity index (χ0n) is 5.13. The summed E-state index contributed by atoms with van der Waals surface area (Å²) in [6.45, 7) is 1.83. The van der Waals surface area contributed by atoms with Crippen LogP contribution in [0.15, 0.2) is 12.4 Å². The molecule has 0 atom stereocenters. The minimum absolute atomic E-state index is 0. The molecule has 1 aromatic heterocycles. The van der Waals surface area contributed by atoms with Crippen molar-refractivity contribution in [1.29, 1.82) is 0 Å². The van der Waals surface area contributed by atoms with Gasteiger partial charge in [-0.2, -0.15) is 0 Å². The van der Waals surface area contributed by atoms with Gasteiger partial charge in [-0.25, -0.2) is 0 Å². The van der Waals surface area contributed by atoms with Gasteiger partial charge >= 0.3 is 0 Å². The van der Waals surface area contributed by atoms with E-state index in [0.29, 0.717) is 0 Å². The van der Waals surface area contributed by atoms with Gasteiger partial charge in [0.25, 0.3) is 0 Å². The SMILES string of the molecule is Cc1cc([NH-])ncn1.[Y]. The third-order valence-corrected chi connectivity index (χ3v) is 0.804. The molecule has 45 valence electrons. The van der Waals surface area contributed by atoms with Gasteiger partial charge < -0.3 is 10.7 Å². The summed E-state index contributed by atoms with van der Waals surface area (Å²) < 4.78 is 0. The largest absolute Gasteiger partial charge is 0.482 e. The van der Waals surface area contributed by atoms with Crippen LogP contribution < -0.4 is 0 Å². The Morgan fingerprint density at radius 3 is 2.44 bits per heavy atom. The maximum Gasteiger partial charge on any atom is 0.0366 e. The molecule has 0 aromatic carbocycles. The minimum atomic E-state index is 0. The van der Waals surface area contributed by atoms with Crippen molar-refractivity contribution >= 4 is 5.82 Å². The van der Waals surface area contributed by atoms with Gasteiger partial charge in [0.15, 0.2) is 0 Å². The summed E-state index contributed by atoms with van der Waals surface area (Å²) in [5.74, 6) is 0.275. The molecular weight excluding hydrogens is 191 g/mol. The average molecular weight is 197 g/mol. The molecule has 0 unspecified atom stereocenters. The number of nitrogens with one attached hydrogen (secondary N) is 1. The van der Waals surface area contributed by atoms with Gasteiger partial charge in [-0.3, -0.25) is 4.98 Å². The molecule has 1 radical (unpaired) electrons. The molecule has 0 aliphatic rings. The Kier molecular flexibility index (Phi) is 3.90. The number of hydrogen-bond donors (Lipinski definition) is 0.